The summed E-state index contributed by atoms with van der Waals surface area (Å²) in [5.74, 6) is 1.39. The van der Waals surface area contributed by atoms with Crippen molar-refractivity contribution in [2.75, 3.05) is 11.9 Å². The van der Waals surface area contributed by atoms with Gasteiger partial charge in [-0.25, -0.2) is 9.97 Å². The van der Waals surface area contributed by atoms with Crippen LogP contribution in [0.2, 0.25) is 0 Å². The molecule has 5 nitrogen and oxygen atoms in total. The van der Waals surface area contributed by atoms with Crippen molar-refractivity contribution in [2.45, 2.75) is 51.5 Å². The van der Waals surface area contributed by atoms with Crippen LogP contribution in [-0.4, -0.2) is 22.4 Å². The molecule has 2 aliphatic rings. The molecule has 0 aromatic carbocycles. The highest BCUT2D eigenvalue weighted by Gasteiger charge is 2.20. The number of carbonyl (C=O) groups excluding carboxylic acids is 1. The van der Waals surface area contributed by atoms with Crippen LogP contribution < -0.4 is 10.6 Å². The Kier molecular flexibility index (Phi) is 4.25. The van der Waals surface area contributed by atoms with E-state index in [1.807, 2.05) is 0 Å². The molecule has 5 heteroatoms. The second-order valence-corrected chi connectivity index (χ2v) is 5.83. The largest absolute Gasteiger partial charge is 0.311 e. The van der Waals surface area contributed by atoms with Crippen molar-refractivity contribution in [1.82, 2.24) is 15.3 Å². The van der Waals surface area contributed by atoms with Gasteiger partial charge in [-0.05, 0) is 31.7 Å². The van der Waals surface area contributed by atoms with Crippen LogP contribution in [0.3, 0.4) is 0 Å². The van der Waals surface area contributed by atoms with E-state index in [-0.39, 0.29) is 5.91 Å². The van der Waals surface area contributed by atoms with Crippen molar-refractivity contribution in [2.24, 2.45) is 5.92 Å². The van der Waals surface area contributed by atoms with Gasteiger partial charge in [0, 0.05) is 18.5 Å². The van der Waals surface area contributed by atoms with Gasteiger partial charge in [-0.1, -0.05) is 19.3 Å². The molecule has 1 aromatic rings. The summed E-state index contributed by atoms with van der Waals surface area (Å²) < 4.78 is 0. The molecule has 1 fully saturated rings. The molecule has 0 unspecified atom stereocenters. The highest BCUT2D eigenvalue weighted by atomic mass is 16.1. The van der Waals surface area contributed by atoms with Crippen molar-refractivity contribution in [3.05, 3.63) is 17.6 Å². The van der Waals surface area contributed by atoms with Crippen molar-refractivity contribution < 1.29 is 4.79 Å². The van der Waals surface area contributed by atoms with Crippen LogP contribution in [0.25, 0.3) is 0 Å². The number of carbonyl (C=O) groups is 1. The topological polar surface area (TPSA) is 66.9 Å². The number of hydrogen-bond acceptors (Lipinski definition) is 4. The number of hydrogen-bond donors (Lipinski definition) is 2. The van der Waals surface area contributed by atoms with Crippen molar-refractivity contribution >= 4 is 11.7 Å². The van der Waals surface area contributed by atoms with Gasteiger partial charge in [0.1, 0.15) is 12.1 Å². The van der Waals surface area contributed by atoms with E-state index in [1.54, 1.807) is 6.33 Å². The van der Waals surface area contributed by atoms with E-state index in [2.05, 4.69) is 20.6 Å². The number of anilines is 1. The summed E-state index contributed by atoms with van der Waals surface area (Å²) in [5, 5.41) is 6.28. The van der Waals surface area contributed by atoms with E-state index >= 15 is 0 Å². The third kappa shape index (κ3) is 3.15. The number of nitrogens with one attached hydrogen (secondary N) is 2. The standard InChI is InChI=1S/C15H22N4O/c20-14(8-11-4-2-1-3-5-11)19-15-12-6-7-16-9-13(12)17-10-18-15/h10-11,16H,1-9H2,(H,17,18,19,20). The fourth-order valence-electron chi connectivity index (χ4n) is 3.23. The van der Waals surface area contributed by atoms with Gasteiger partial charge in [0.15, 0.2) is 0 Å². The third-order valence-corrected chi connectivity index (χ3v) is 4.34. The molecule has 1 aliphatic carbocycles. The summed E-state index contributed by atoms with van der Waals surface area (Å²) in [5.41, 5.74) is 2.11. The predicted octanol–water partition coefficient (Wildman–Crippen LogP) is 2.03. The molecule has 0 atom stereocenters. The fraction of sp³-hybridized carbons (Fsp3) is 0.667. The van der Waals surface area contributed by atoms with E-state index in [0.29, 0.717) is 12.3 Å². The average molecular weight is 274 g/mol. The van der Waals surface area contributed by atoms with Gasteiger partial charge in [0.2, 0.25) is 5.91 Å². The van der Waals surface area contributed by atoms with Crippen LogP contribution in [0.5, 0.6) is 0 Å². The first-order valence-electron chi connectivity index (χ1n) is 7.66. The number of amides is 1. The van der Waals surface area contributed by atoms with E-state index < -0.39 is 0 Å². The maximum atomic E-state index is 12.2. The normalized spacial score (nSPS) is 19.4. The molecule has 1 aromatic heterocycles. The van der Waals surface area contributed by atoms with E-state index in [4.69, 9.17) is 0 Å². The van der Waals surface area contributed by atoms with Gasteiger partial charge < -0.3 is 10.6 Å². The maximum absolute atomic E-state index is 12.2. The Hall–Kier alpha value is -1.49. The molecule has 0 bridgehead atoms. The van der Waals surface area contributed by atoms with Crippen LogP contribution in [0, 0.1) is 5.92 Å². The quantitative estimate of drug-likeness (QED) is 0.885. The Bertz CT molecular complexity index is 483. The monoisotopic (exact) mass is 274 g/mol. The Morgan fingerprint density at radius 2 is 2.15 bits per heavy atom. The number of aromatic nitrogens is 2. The first kappa shape index (κ1) is 13.5. The summed E-state index contributed by atoms with van der Waals surface area (Å²) in [4.78, 5) is 20.7. The van der Waals surface area contributed by atoms with Crippen LogP contribution in [0.15, 0.2) is 6.33 Å². The summed E-state index contributed by atoms with van der Waals surface area (Å²) in [7, 11) is 0. The SMILES string of the molecule is O=C(CC1CCCCC1)Nc1ncnc2c1CCNC2. The minimum Gasteiger partial charge on any atom is -0.311 e. The van der Waals surface area contributed by atoms with Gasteiger partial charge in [-0.2, -0.15) is 0 Å². The molecule has 3 rings (SSSR count). The smallest absolute Gasteiger partial charge is 0.225 e. The van der Waals surface area contributed by atoms with Crippen LogP contribution in [-0.2, 0) is 17.8 Å². The number of nitrogens with zero attached hydrogens (tertiary/aromatic N) is 2. The number of fused-ring (bicyclic) bond motifs is 1. The van der Waals surface area contributed by atoms with Crippen LogP contribution in [0.4, 0.5) is 5.82 Å². The number of rotatable bonds is 3. The molecule has 1 amide bonds. The summed E-state index contributed by atoms with van der Waals surface area (Å²) in [6, 6.07) is 0. The fourth-order valence-corrected chi connectivity index (χ4v) is 3.23. The molecule has 108 valence electrons. The summed E-state index contributed by atoms with van der Waals surface area (Å²) in [6.07, 6.45) is 9.32. The molecule has 2 heterocycles. The van der Waals surface area contributed by atoms with Gasteiger partial charge in [-0.3, -0.25) is 4.79 Å². The minimum atomic E-state index is 0.108. The zero-order valence-corrected chi connectivity index (χ0v) is 11.8. The van der Waals surface area contributed by atoms with Crippen molar-refractivity contribution in [3.63, 3.8) is 0 Å². The van der Waals surface area contributed by atoms with E-state index in [9.17, 15) is 4.79 Å². The summed E-state index contributed by atoms with van der Waals surface area (Å²) in [6.45, 7) is 1.69. The van der Waals surface area contributed by atoms with Crippen LogP contribution in [0.1, 0.15) is 49.8 Å². The lowest BCUT2D eigenvalue weighted by Gasteiger charge is -2.22. The van der Waals surface area contributed by atoms with E-state index in [0.717, 1.165) is 36.6 Å². The highest BCUT2D eigenvalue weighted by Crippen LogP contribution is 2.27. The minimum absolute atomic E-state index is 0.108. The first-order chi connectivity index (χ1) is 9.83. The van der Waals surface area contributed by atoms with Crippen molar-refractivity contribution in [3.8, 4) is 0 Å². The molecule has 2 N–H and O–H groups in total. The van der Waals surface area contributed by atoms with Crippen LogP contribution >= 0.6 is 0 Å². The molecule has 0 radical (unpaired) electrons. The molecule has 20 heavy (non-hydrogen) atoms. The maximum Gasteiger partial charge on any atom is 0.225 e. The van der Waals surface area contributed by atoms with Crippen molar-refractivity contribution in [1.29, 1.82) is 0 Å². The molecule has 1 aliphatic heterocycles. The molecular formula is C15H22N4O. The van der Waals surface area contributed by atoms with E-state index in [1.165, 1.54) is 32.1 Å². The highest BCUT2D eigenvalue weighted by molar-refractivity contribution is 5.90. The zero-order valence-electron chi connectivity index (χ0n) is 11.8. The molecule has 0 saturated heterocycles. The van der Waals surface area contributed by atoms with Gasteiger partial charge in [0.25, 0.3) is 0 Å². The first-order valence-corrected chi connectivity index (χ1v) is 7.66. The second-order valence-electron chi connectivity index (χ2n) is 5.83. The van der Waals surface area contributed by atoms with Gasteiger partial charge in [0.05, 0.1) is 5.69 Å². The van der Waals surface area contributed by atoms with Gasteiger partial charge >= 0.3 is 0 Å². The molecule has 1 saturated carbocycles. The predicted molar refractivity (Wildman–Crippen MR) is 77.3 cm³/mol. The Morgan fingerprint density at radius 3 is 3.00 bits per heavy atom. The Labute approximate surface area is 119 Å². The lowest BCUT2D eigenvalue weighted by atomic mass is 9.87. The Balaban J connectivity index is 1.63. The average Bonchev–Trinajstić information content (AvgIpc) is 2.48. The Morgan fingerprint density at radius 1 is 1.30 bits per heavy atom. The molecular weight excluding hydrogens is 252 g/mol. The summed E-state index contributed by atoms with van der Waals surface area (Å²) >= 11 is 0. The third-order valence-electron chi connectivity index (χ3n) is 4.34. The molecule has 0 spiro atoms. The lowest BCUT2D eigenvalue weighted by molar-refractivity contribution is -0.117. The van der Waals surface area contributed by atoms with Gasteiger partial charge in [-0.15, -0.1) is 0 Å². The zero-order chi connectivity index (χ0) is 13.8. The lowest BCUT2D eigenvalue weighted by Crippen LogP contribution is -2.27. The second kappa shape index (κ2) is 6.31.